The van der Waals surface area contributed by atoms with Crippen LogP contribution in [0.3, 0.4) is 0 Å². The van der Waals surface area contributed by atoms with Crippen molar-refractivity contribution in [3.05, 3.63) is 29.8 Å². The predicted octanol–water partition coefficient (Wildman–Crippen LogP) is 4.53. The molecule has 0 saturated carbocycles. The van der Waals surface area contributed by atoms with E-state index in [-0.39, 0.29) is 6.61 Å². The van der Waals surface area contributed by atoms with Crippen LogP contribution in [0, 0.1) is 0 Å². The summed E-state index contributed by atoms with van der Waals surface area (Å²) in [6, 6.07) is 7.62. The molecule has 0 atom stereocenters. The van der Waals surface area contributed by atoms with Crippen LogP contribution in [0.4, 0.5) is 0 Å². The molecule has 1 aromatic rings. The number of halogens is 1. The summed E-state index contributed by atoms with van der Waals surface area (Å²) in [5.74, 6) is 1.68. The van der Waals surface area contributed by atoms with Gasteiger partial charge in [0.1, 0.15) is 5.75 Å². The first-order chi connectivity index (χ1) is 9.36. The number of ether oxygens (including phenoxy) is 1. The number of unbranched alkanes of at least 4 members (excludes halogenated alkanes) is 6. The second-order valence-corrected chi connectivity index (χ2v) is 5.19. The molecule has 0 aromatic heterocycles. The molecule has 2 nitrogen and oxygen atoms in total. The minimum Gasteiger partial charge on any atom is -0.494 e. The summed E-state index contributed by atoms with van der Waals surface area (Å²) in [5.41, 5.74) is 0.921. The van der Waals surface area contributed by atoms with Crippen LogP contribution in [-0.2, 0) is 6.61 Å². The molecule has 1 rings (SSSR count). The largest absolute Gasteiger partial charge is 0.494 e. The van der Waals surface area contributed by atoms with Gasteiger partial charge in [0.2, 0.25) is 0 Å². The monoisotopic (exact) mass is 284 g/mol. The van der Waals surface area contributed by atoms with Crippen molar-refractivity contribution in [3.8, 4) is 5.75 Å². The van der Waals surface area contributed by atoms with Gasteiger partial charge in [0.15, 0.2) is 0 Å². The van der Waals surface area contributed by atoms with Gasteiger partial charge in [0.05, 0.1) is 13.2 Å². The fourth-order valence-electron chi connectivity index (χ4n) is 1.96. The smallest absolute Gasteiger partial charge is 0.119 e. The Kier molecular flexibility index (Phi) is 9.56. The number of aliphatic hydroxyl groups excluding tert-OH is 1. The summed E-state index contributed by atoms with van der Waals surface area (Å²) in [6.45, 7) is 0.865. The first-order valence-electron chi connectivity index (χ1n) is 7.25. The minimum atomic E-state index is 0.0873. The van der Waals surface area contributed by atoms with Crippen molar-refractivity contribution in [1.29, 1.82) is 0 Å². The van der Waals surface area contributed by atoms with Gasteiger partial charge in [-0.25, -0.2) is 0 Å². The van der Waals surface area contributed by atoms with Crippen molar-refractivity contribution in [1.82, 2.24) is 0 Å². The van der Waals surface area contributed by atoms with Crippen LogP contribution < -0.4 is 4.74 Å². The number of alkyl halides is 1. The lowest BCUT2D eigenvalue weighted by molar-refractivity contribution is 0.281. The Bertz CT molecular complexity index is 311. The average molecular weight is 285 g/mol. The van der Waals surface area contributed by atoms with E-state index in [1.807, 2.05) is 24.3 Å². The highest BCUT2D eigenvalue weighted by atomic mass is 35.5. The van der Waals surface area contributed by atoms with Crippen LogP contribution in [0.1, 0.15) is 50.5 Å². The third-order valence-corrected chi connectivity index (χ3v) is 3.42. The topological polar surface area (TPSA) is 29.5 Å². The molecule has 3 heteroatoms. The molecule has 0 aliphatic rings. The molecule has 0 aliphatic heterocycles. The zero-order chi connectivity index (χ0) is 13.8. The highest BCUT2D eigenvalue weighted by molar-refractivity contribution is 6.17. The van der Waals surface area contributed by atoms with E-state index in [4.69, 9.17) is 21.4 Å². The lowest BCUT2D eigenvalue weighted by Gasteiger charge is -2.06. The third kappa shape index (κ3) is 8.12. The Morgan fingerprint density at radius 1 is 0.842 bits per heavy atom. The Hall–Kier alpha value is -0.730. The predicted molar refractivity (Wildman–Crippen MR) is 80.9 cm³/mol. The van der Waals surface area contributed by atoms with E-state index in [0.717, 1.165) is 36.6 Å². The molecule has 108 valence electrons. The third-order valence-electron chi connectivity index (χ3n) is 3.15. The van der Waals surface area contributed by atoms with E-state index in [1.54, 1.807) is 0 Å². The number of aliphatic hydroxyl groups is 1. The molecule has 0 bridgehead atoms. The van der Waals surface area contributed by atoms with Crippen LogP contribution >= 0.6 is 11.6 Å². The molecule has 0 amide bonds. The summed E-state index contributed by atoms with van der Waals surface area (Å²) in [5, 5.41) is 8.93. The number of hydrogen-bond donors (Lipinski definition) is 1. The first kappa shape index (κ1) is 16.3. The van der Waals surface area contributed by atoms with Gasteiger partial charge in [0.25, 0.3) is 0 Å². The summed E-state index contributed by atoms with van der Waals surface area (Å²) in [4.78, 5) is 0. The maximum absolute atomic E-state index is 8.93. The first-order valence-corrected chi connectivity index (χ1v) is 7.79. The fraction of sp³-hybridized carbons (Fsp3) is 0.625. The maximum atomic E-state index is 8.93. The van der Waals surface area contributed by atoms with E-state index in [9.17, 15) is 0 Å². The van der Waals surface area contributed by atoms with Gasteiger partial charge in [0, 0.05) is 5.88 Å². The number of hydrogen-bond acceptors (Lipinski definition) is 2. The van der Waals surface area contributed by atoms with Gasteiger partial charge in [-0.2, -0.15) is 0 Å². The van der Waals surface area contributed by atoms with Crippen molar-refractivity contribution in [2.45, 2.75) is 51.6 Å². The second kappa shape index (κ2) is 11.1. The highest BCUT2D eigenvalue weighted by Gasteiger charge is 1.95. The van der Waals surface area contributed by atoms with Crippen molar-refractivity contribution in [2.24, 2.45) is 0 Å². The van der Waals surface area contributed by atoms with Gasteiger partial charge in [-0.15, -0.1) is 11.6 Å². The Morgan fingerprint density at radius 2 is 1.42 bits per heavy atom. The average Bonchev–Trinajstić information content (AvgIpc) is 2.46. The minimum absolute atomic E-state index is 0.0873. The van der Waals surface area contributed by atoms with Gasteiger partial charge >= 0.3 is 0 Å². The standard InChI is InChI=1S/C16H25ClO2/c17-12-6-4-2-1-3-5-7-13-19-16-10-8-15(14-18)9-11-16/h8-11,18H,1-7,12-14H2. The van der Waals surface area contributed by atoms with Crippen LogP contribution in [0.15, 0.2) is 24.3 Å². The molecule has 0 aliphatic carbocycles. The summed E-state index contributed by atoms with van der Waals surface area (Å²) in [7, 11) is 0. The molecular formula is C16H25ClO2. The molecule has 0 heterocycles. The van der Waals surface area contributed by atoms with Crippen molar-refractivity contribution in [3.63, 3.8) is 0 Å². The van der Waals surface area contributed by atoms with Gasteiger partial charge < -0.3 is 9.84 Å². The maximum Gasteiger partial charge on any atom is 0.119 e. The lowest BCUT2D eigenvalue weighted by atomic mass is 10.1. The van der Waals surface area contributed by atoms with Crippen LogP contribution in [0.5, 0.6) is 5.75 Å². The molecule has 19 heavy (non-hydrogen) atoms. The van der Waals surface area contributed by atoms with E-state index in [0.29, 0.717) is 0 Å². The van der Waals surface area contributed by atoms with Gasteiger partial charge in [-0.1, -0.05) is 44.2 Å². The Labute approximate surface area is 121 Å². The molecular weight excluding hydrogens is 260 g/mol. The molecule has 1 N–H and O–H groups in total. The SMILES string of the molecule is OCc1ccc(OCCCCCCCCCCl)cc1. The molecule has 1 aromatic carbocycles. The number of rotatable bonds is 11. The zero-order valence-corrected chi connectivity index (χ0v) is 12.4. The summed E-state index contributed by atoms with van der Waals surface area (Å²) >= 11 is 5.63. The van der Waals surface area contributed by atoms with Gasteiger partial charge in [-0.05, 0) is 30.5 Å². The van der Waals surface area contributed by atoms with Gasteiger partial charge in [-0.3, -0.25) is 0 Å². The molecule has 0 unspecified atom stereocenters. The molecule has 0 spiro atoms. The van der Waals surface area contributed by atoms with Crippen molar-refractivity contribution < 1.29 is 9.84 Å². The molecule has 0 fully saturated rings. The van der Waals surface area contributed by atoms with E-state index in [1.165, 1.54) is 32.1 Å². The Balaban J connectivity index is 1.95. The van der Waals surface area contributed by atoms with E-state index < -0.39 is 0 Å². The van der Waals surface area contributed by atoms with Crippen LogP contribution in [-0.4, -0.2) is 17.6 Å². The normalized spacial score (nSPS) is 10.6. The van der Waals surface area contributed by atoms with Crippen LogP contribution in [0.2, 0.25) is 0 Å². The zero-order valence-electron chi connectivity index (χ0n) is 11.6. The Morgan fingerprint density at radius 3 is 2.00 bits per heavy atom. The summed E-state index contributed by atoms with van der Waals surface area (Å²) in [6.07, 6.45) is 8.64. The quantitative estimate of drug-likeness (QED) is 0.478. The molecule has 0 saturated heterocycles. The summed E-state index contributed by atoms with van der Waals surface area (Å²) < 4.78 is 5.65. The fourth-order valence-corrected chi connectivity index (χ4v) is 2.15. The number of benzene rings is 1. The van der Waals surface area contributed by atoms with Crippen molar-refractivity contribution in [2.75, 3.05) is 12.5 Å². The van der Waals surface area contributed by atoms with E-state index in [2.05, 4.69) is 0 Å². The van der Waals surface area contributed by atoms with Crippen LogP contribution in [0.25, 0.3) is 0 Å². The van der Waals surface area contributed by atoms with E-state index >= 15 is 0 Å². The lowest BCUT2D eigenvalue weighted by Crippen LogP contribution is -1.97. The molecule has 0 radical (unpaired) electrons. The second-order valence-electron chi connectivity index (χ2n) is 4.81. The van der Waals surface area contributed by atoms with Crippen molar-refractivity contribution >= 4 is 11.6 Å². The highest BCUT2D eigenvalue weighted by Crippen LogP contribution is 2.13.